The number of hydrogen-bond acceptors (Lipinski definition) is 2. The molecule has 2 rings (SSSR count). The molecule has 0 unspecified atom stereocenters. The van der Waals surface area contributed by atoms with E-state index in [1.807, 2.05) is 18.2 Å². The largest absolute Gasteiger partial charge is 0.488 e. The highest BCUT2D eigenvalue weighted by Gasteiger charge is 2.16. The molecular weight excluding hydrogens is 186 g/mol. The molecule has 1 aromatic rings. The lowest BCUT2D eigenvalue weighted by Crippen LogP contribution is -2.06. The maximum Gasteiger partial charge on any atom is 0.127 e. The first-order valence-electron chi connectivity index (χ1n) is 4.77. The highest BCUT2D eigenvalue weighted by molar-refractivity contribution is 5.80. The Morgan fingerprint density at radius 1 is 1.27 bits per heavy atom. The molecule has 0 radical (unpaired) electrons. The average molecular weight is 199 g/mol. The minimum atomic E-state index is 0.541. The number of fused-ring (bicyclic) bond motifs is 1. The van der Waals surface area contributed by atoms with Gasteiger partial charge in [0.15, 0.2) is 0 Å². The first-order valence-corrected chi connectivity index (χ1v) is 4.77. The molecule has 2 heteroatoms. The van der Waals surface area contributed by atoms with E-state index >= 15 is 0 Å². The number of anilines is 1. The van der Waals surface area contributed by atoms with Crippen molar-refractivity contribution in [3.8, 4) is 0 Å². The summed E-state index contributed by atoms with van der Waals surface area (Å²) in [6.45, 7) is 8.05. The van der Waals surface area contributed by atoms with Crippen molar-refractivity contribution in [2.24, 2.45) is 0 Å². The van der Waals surface area contributed by atoms with Crippen molar-refractivity contribution in [1.29, 1.82) is 0 Å². The molecule has 15 heavy (non-hydrogen) atoms. The minimum Gasteiger partial charge on any atom is -0.488 e. The van der Waals surface area contributed by atoms with E-state index < -0.39 is 0 Å². The molecule has 0 saturated heterocycles. The van der Waals surface area contributed by atoms with E-state index in [0.29, 0.717) is 6.61 Å². The first-order chi connectivity index (χ1) is 7.26. The zero-order valence-corrected chi connectivity index (χ0v) is 8.49. The van der Waals surface area contributed by atoms with Crippen LogP contribution in [0.25, 0.3) is 5.57 Å². The van der Waals surface area contributed by atoms with Crippen molar-refractivity contribution in [2.75, 3.05) is 5.73 Å². The van der Waals surface area contributed by atoms with E-state index in [0.717, 1.165) is 28.1 Å². The lowest BCUT2D eigenvalue weighted by Gasteiger charge is -2.21. The number of nitrogens with two attached hydrogens (primary N) is 1. The second-order valence-electron chi connectivity index (χ2n) is 3.39. The lowest BCUT2D eigenvalue weighted by atomic mass is 9.96. The molecule has 0 saturated carbocycles. The van der Waals surface area contributed by atoms with Crippen molar-refractivity contribution in [2.45, 2.75) is 6.61 Å². The summed E-state index contributed by atoms with van der Waals surface area (Å²) in [6.07, 6.45) is 3.49. The number of rotatable bonds is 2. The van der Waals surface area contributed by atoms with Gasteiger partial charge in [-0.3, -0.25) is 0 Å². The fourth-order valence-corrected chi connectivity index (χ4v) is 1.74. The van der Waals surface area contributed by atoms with Crippen molar-refractivity contribution in [3.63, 3.8) is 0 Å². The van der Waals surface area contributed by atoms with Crippen LogP contribution in [0.2, 0.25) is 0 Å². The van der Waals surface area contributed by atoms with Crippen molar-refractivity contribution < 1.29 is 4.74 Å². The molecule has 0 aliphatic carbocycles. The summed E-state index contributed by atoms with van der Waals surface area (Å²) < 4.78 is 5.55. The minimum absolute atomic E-state index is 0.541. The van der Waals surface area contributed by atoms with E-state index in [9.17, 15) is 0 Å². The molecule has 0 spiro atoms. The van der Waals surface area contributed by atoms with E-state index in [2.05, 4.69) is 13.2 Å². The van der Waals surface area contributed by atoms with Crippen LogP contribution in [0.4, 0.5) is 5.69 Å². The lowest BCUT2D eigenvalue weighted by molar-refractivity contribution is 0.208. The van der Waals surface area contributed by atoms with E-state index in [4.69, 9.17) is 10.5 Å². The number of ether oxygens (including phenoxy) is 1. The van der Waals surface area contributed by atoms with Crippen LogP contribution in [0, 0.1) is 0 Å². The van der Waals surface area contributed by atoms with Crippen LogP contribution in [0.3, 0.4) is 0 Å². The van der Waals surface area contributed by atoms with Gasteiger partial charge >= 0.3 is 0 Å². The summed E-state index contributed by atoms with van der Waals surface area (Å²) in [5.41, 5.74) is 9.67. The Labute approximate surface area is 89.4 Å². The van der Waals surface area contributed by atoms with Gasteiger partial charge in [0.1, 0.15) is 12.4 Å². The fraction of sp³-hybridized carbons (Fsp3) is 0.0769. The summed E-state index contributed by atoms with van der Waals surface area (Å²) in [5.74, 6) is 0.780. The zero-order valence-electron chi connectivity index (χ0n) is 8.49. The summed E-state index contributed by atoms with van der Waals surface area (Å²) in [4.78, 5) is 0. The normalized spacial score (nSPS) is 14.1. The van der Waals surface area contributed by atoms with Gasteiger partial charge < -0.3 is 10.5 Å². The van der Waals surface area contributed by atoms with Crippen molar-refractivity contribution in [3.05, 3.63) is 60.4 Å². The molecule has 76 valence electrons. The van der Waals surface area contributed by atoms with Gasteiger partial charge in [-0.15, -0.1) is 0 Å². The molecule has 0 aromatic heterocycles. The topological polar surface area (TPSA) is 35.2 Å². The van der Waals surface area contributed by atoms with Crippen molar-refractivity contribution in [1.82, 2.24) is 0 Å². The van der Waals surface area contributed by atoms with E-state index in [1.165, 1.54) is 0 Å². The summed E-state index contributed by atoms with van der Waals surface area (Å²) in [6, 6.07) is 5.81. The molecule has 2 N–H and O–H groups in total. The van der Waals surface area contributed by atoms with E-state index in [1.54, 1.807) is 12.2 Å². The molecule has 2 nitrogen and oxygen atoms in total. The molecule has 0 atom stereocenters. The predicted octanol–water partition coefficient (Wildman–Crippen LogP) is 2.88. The van der Waals surface area contributed by atoms with Crippen LogP contribution in [0.5, 0.6) is 0 Å². The second kappa shape index (κ2) is 3.65. The van der Waals surface area contributed by atoms with Crippen molar-refractivity contribution >= 4 is 11.3 Å². The Hall–Kier alpha value is -1.96. The highest BCUT2D eigenvalue weighted by Crippen LogP contribution is 2.31. The Morgan fingerprint density at radius 2 is 2.07 bits per heavy atom. The third-order valence-electron chi connectivity index (χ3n) is 2.46. The molecular formula is C13H13NO. The van der Waals surface area contributed by atoms with Gasteiger partial charge in [-0.2, -0.15) is 0 Å². The first kappa shape index (κ1) is 9.59. The van der Waals surface area contributed by atoms with Gasteiger partial charge in [0.25, 0.3) is 0 Å². The van der Waals surface area contributed by atoms with Crippen LogP contribution >= 0.6 is 0 Å². The number of allylic oxidation sites excluding steroid dienone is 3. The monoisotopic (exact) mass is 199 g/mol. The Kier molecular flexibility index (Phi) is 2.34. The standard InChI is InChI=1S/C13H13NO/c1-3-11-12-6-5-10(14)7-9(12)8-15-13(11)4-2/h3-7H,1-2,8,14H2. The second-order valence-corrected chi connectivity index (χ2v) is 3.39. The number of nitrogen functional groups attached to an aromatic ring is 1. The highest BCUT2D eigenvalue weighted by atomic mass is 16.5. The third kappa shape index (κ3) is 1.54. The molecule has 1 aliphatic heterocycles. The van der Waals surface area contributed by atoms with Crippen LogP contribution in [0.1, 0.15) is 11.1 Å². The molecule has 1 aliphatic rings. The fourth-order valence-electron chi connectivity index (χ4n) is 1.74. The third-order valence-corrected chi connectivity index (χ3v) is 2.46. The molecule has 1 aromatic carbocycles. The maximum absolute atomic E-state index is 5.72. The van der Waals surface area contributed by atoms with Gasteiger partial charge in [0.2, 0.25) is 0 Å². The molecule has 0 amide bonds. The van der Waals surface area contributed by atoms with Crippen LogP contribution in [-0.2, 0) is 11.3 Å². The van der Waals surface area contributed by atoms with E-state index in [-0.39, 0.29) is 0 Å². The smallest absolute Gasteiger partial charge is 0.127 e. The molecule has 1 heterocycles. The summed E-state index contributed by atoms with van der Waals surface area (Å²) >= 11 is 0. The maximum atomic E-state index is 5.72. The van der Waals surface area contributed by atoms with Crippen LogP contribution in [-0.4, -0.2) is 0 Å². The van der Waals surface area contributed by atoms with Crippen LogP contribution < -0.4 is 5.73 Å². The van der Waals surface area contributed by atoms with Gasteiger partial charge in [0, 0.05) is 11.3 Å². The van der Waals surface area contributed by atoms with Gasteiger partial charge in [0.05, 0.1) is 0 Å². The number of hydrogen-bond donors (Lipinski definition) is 1. The van der Waals surface area contributed by atoms with Gasteiger partial charge in [-0.1, -0.05) is 25.3 Å². The summed E-state index contributed by atoms with van der Waals surface area (Å²) in [7, 11) is 0. The zero-order chi connectivity index (χ0) is 10.8. The SMILES string of the molecule is C=CC1=C(C=C)c2ccc(N)cc2CO1. The average Bonchev–Trinajstić information content (AvgIpc) is 2.27. The van der Waals surface area contributed by atoms with Gasteiger partial charge in [-0.05, 0) is 29.3 Å². The predicted molar refractivity (Wildman–Crippen MR) is 63.0 cm³/mol. The number of benzene rings is 1. The summed E-state index contributed by atoms with van der Waals surface area (Å²) in [5, 5.41) is 0. The van der Waals surface area contributed by atoms with Gasteiger partial charge in [-0.25, -0.2) is 0 Å². The molecule has 0 bridgehead atoms. The Morgan fingerprint density at radius 3 is 2.73 bits per heavy atom. The molecule has 0 fully saturated rings. The Bertz CT molecular complexity index is 458. The quantitative estimate of drug-likeness (QED) is 0.743. The Balaban J connectivity index is 2.62. The van der Waals surface area contributed by atoms with Crippen LogP contribution in [0.15, 0.2) is 49.3 Å².